The van der Waals surface area contributed by atoms with Gasteiger partial charge in [-0.2, -0.15) is 14.8 Å². The van der Waals surface area contributed by atoms with Gasteiger partial charge in [0.1, 0.15) is 10.0 Å². The number of rotatable bonds is 7. The van der Waals surface area contributed by atoms with Crippen molar-refractivity contribution in [1.82, 2.24) is 19.7 Å². The molecule has 176 valence electrons. The molecule has 33 heavy (non-hydrogen) atoms. The third-order valence-corrected chi connectivity index (χ3v) is 7.81. The van der Waals surface area contributed by atoms with Gasteiger partial charge < -0.3 is 14.9 Å². The number of nitrogens with zero attached hydrogens (tertiary/aromatic N) is 5. The number of hydrogen-bond acceptors (Lipinski definition) is 7. The summed E-state index contributed by atoms with van der Waals surface area (Å²) in [7, 11) is 0. The van der Waals surface area contributed by atoms with Crippen LogP contribution in [0.2, 0.25) is 0 Å². The second kappa shape index (κ2) is 9.82. The van der Waals surface area contributed by atoms with Crippen molar-refractivity contribution >= 4 is 34.9 Å². The van der Waals surface area contributed by atoms with E-state index >= 15 is 0 Å². The average Bonchev–Trinajstić information content (AvgIpc) is 3.34. The summed E-state index contributed by atoms with van der Waals surface area (Å²) in [4.78, 5) is 21.9. The maximum atomic E-state index is 13.9. The van der Waals surface area contributed by atoms with E-state index in [0.29, 0.717) is 27.2 Å². The zero-order valence-electron chi connectivity index (χ0n) is 19.2. The minimum atomic E-state index is -1.12. The number of anilines is 1. The molecular weight excluding hydrogens is 461 g/mol. The zero-order chi connectivity index (χ0) is 23.7. The number of aromatic nitrogens is 3. The van der Waals surface area contributed by atoms with Crippen molar-refractivity contribution in [2.45, 2.75) is 37.2 Å². The Hall–Kier alpha value is -2.43. The van der Waals surface area contributed by atoms with Gasteiger partial charge >= 0.3 is 5.97 Å². The molecule has 3 aromatic rings. The molecule has 3 heterocycles. The summed E-state index contributed by atoms with van der Waals surface area (Å²) < 4.78 is 16.3. The average molecular weight is 490 g/mol. The van der Waals surface area contributed by atoms with Crippen LogP contribution >= 0.6 is 23.1 Å². The first kappa shape index (κ1) is 23.7. The number of likely N-dealkylation sites (N-methyl/N-ethyl adjacent to an activating group) is 1. The van der Waals surface area contributed by atoms with Gasteiger partial charge in [-0.25, -0.2) is 9.18 Å². The van der Waals surface area contributed by atoms with Crippen molar-refractivity contribution in [2.24, 2.45) is 0 Å². The first-order valence-corrected chi connectivity index (χ1v) is 12.7. The largest absolute Gasteiger partial charge is 0.476 e. The number of carboxylic acid groups (broad SMARTS) is 1. The van der Waals surface area contributed by atoms with E-state index in [4.69, 9.17) is 4.98 Å². The van der Waals surface area contributed by atoms with Gasteiger partial charge in [0.05, 0.1) is 5.69 Å². The fourth-order valence-corrected chi connectivity index (χ4v) is 6.48. The Kier molecular flexibility index (Phi) is 7.06. The van der Waals surface area contributed by atoms with Crippen molar-refractivity contribution in [3.63, 3.8) is 0 Å². The molecule has 0 unspecified atom stereocenters. The summed E-state index contributed by atoms with van der Waals surface area (Å²) in [6, 6.07) is 5.94. The maximum absolute atomic E-state index is 13.9. The Morgan fingerprint density at radius 3 is 2.61 bits per heavy atom. The molecule has 0 radical (unpaired) electrons. The highest BCUT2D eigenvalue weighted by atomic mass is 32.2. The summed E-state index contributed by atoms with van der Waals surface area (Å²) in [5.41, 5.74) is 1.41. The molecule has 1 fully saturated rings. The molecule has 1 saturated heterocycles. The van der Waals surface area contributed by atoms with Gasteiger partial charge in [-0.05, 0) is 31.2 Å². The van der Waals surface area contributed by atoms with Crippen LogP contribution in [0.3, 0.4) is 0 Å². The predicted molar refractivity (Wildman–Crippen MR) is 132 cm³/mol. The molecule has 10 heteroatoms. The number of aryl methyl sites for hydroxylation is 1. The third kappa shape index (κ3) is 4.92. The highest BCUT2D eigenvalue weighted by Gasteiger charge is 2.28. The molecule has 1 aromatic carbocycles. The van der Waals surface area contributed by atoms with Gasteiger partial charge in [0, 0.05) is 37.0 Å². The number of carbonyl (C=O) groups is 1. The Morgan fingerprint density at radius 1 is 1.27 bits per heavy atom. The Morgan fingerprint density at radius 2 is 2.00 bits per heavy atom. The van der Waals surface area contributed by atoms with Gasteiger partial charge in [0.2, 0.25) is 5.13 Å². The maximum Gasteiger partial charge on any atom is 0.355 e. The summed E-state index contributed by atoms with van der Waals surface area (Å²) >= 11 is 3.18. The summed E-state index contributed by atoms with van der Waals surface area (Å²) in [6.45, 7) is 12.9. The van der Waals surface area contributed by atoms with Crippen molar-refractivity contribution in [3.05, 3.63) is 41.5 Å². The number of halogens is 1. The van der Waals surface area contributed by atoms with Gasteiger partial charge in [-0.15, -0.1) is 11.8 Å². The summed E-state index contributed by atoms with van der Waals surface area (Å²) in [5.74, 6) is -0.656. The molecule has 0 aliphatic carbocycles. The third-order valence-electron chi connectivity index (χ3n) is 5.59. The topological polar surface area (TPSA) is 74.5 Å². The second-order valence-corrected chi connectivity index (χ2v) is 11.1. The van der Waals surface area contributed by atoms with Crippen LogP contribution in [0.15, 0.2) is 28.5 Å². The lowest BCUT2D eigenvalue weighted by molar-refractivity contribution is 0.0688. The van der Waals surface area contributed by atoms with Crippen LogP contribution in [0.25, 0.3) is 16.3 Å². The molecular formula is C23H28FN5O2S2. The van der Waals surface area contributed by atoms with E-state index in [2.05, 4.69) is 35.7 Å². The molecule has 2 aromatic heterocycles. The lowest BCUT2D eigenvalue weighted by Gasteiger charge is -2.34. The standard InChI is InChI=1S/C23H28FN5O2S2/c1-5-27-9-11-28(12-10-27)20-22(32-14(2)3)33-23(25-20)29-19(21(30)31)18(15(4)26-29)16-7-6-8-17(24)13-16/h6-8,13-14H,5,9-12H2,1-4H3,(H,30,31). The molecule has 1 aliphatic heterocycles. The Balaban J connectivity index is 1.80. The highest BCUT2D eigenvalue weighted by Crippen LogP contribution is 2.41. The van der Waals surface area contributed by atoms with E-state index in [9.17, 15) is 14.3 Å². The minimum absolute atomic E-state index is 0.00435. The second-order valence-electron chi connectivity index (χ2n) is 8.23. The number of piperazine rings is 1. The first-order chi connectivity index (χ1) is 15.8. The Bertz CT molecular complexity index is 1150. The number of carboxylic acids is 1. The lowest BCUT2D eigenvalue weighted by Crippen LogP contribution is -2.46. The molecule has 1 aliphatic rings. The number of benzene rings is 1. The normalized spacial score (nSPS) is 14.9. The molecule has 1 N–H and O–H groups in total. The Labute approximate surface area is 201 Å². The van der Waals surface area contributed by atoms with Crippen LogP contribution in [-0.2, 0) is 0 Å². The smallest absolute Gasteiger partial charge is 0.355 e. The zero-order valence-corrected chi connectivity index (χ0v) is 20.8. The van der Waals surface area contributed by atoms with Crippen LogP contribution in [0.1, 0.15) is 37.0 Å². The van der Waals surface area contributed by atoms with Crippen molar-refractivity contribution in [3.8, 4) is 16.3 Å². The van der Waals surface area contributed by atoms with E-state index in [1.165, 1.54) is 28.2 Å². The van der Waals surface area contributed by atoms with Gasteiger partial charge in [0.15, 0.2) is 11.5 Å². The van der Waals surface area contributed by atoms with Gasteiger partial charge in [-0.1, -0.05) is 44.2 Å². The van der Waals surface area contributed by atoms with E-state index in [0.717, 1.165) is 42.8 Å². The molecule has 0 bridgehead atoms. The lowest BCUT2D eigenvalue weighted by atomic mass is 10.0. The molecule has 0 amide bonds. The van der Waals surface area contributed by atoms with Crippen LogP contribution in [0, 0.1) is 12.7 Å². The van der Waals surface area contributed by atoms with Crippen LogP contribution < -0.4 is 4.90 Å². The van der Waals surface area contributed by atoms with Crippen molar-refractivity contribution < 1.29 is 14.3 Å². The van der Waals surface area contributed by atoms with E-state index in [1.807, 2.05) is 0 Å². The van der Waals surface area contributed by atoms with E-state index in [1.54, 1.807) is 30.8 Å². The minimum Gasteiger partial charge on any atom is -0.476 e. The van der Waals surface area contributed by atoms with E-state index < -0.39 is 11.8 Å². The monoisotopic (exact) mass is 489 g/mol. The van der Waals surface area contributed by atoms with Crippen molar-refractivity contribution in [1.29, 1.82) is 0 Å². The molecule has 0 atom stereocenters. The summed E-state index contributed by atoms with van der Waals surface area (Å²) in [5, 5.41) is 15.5. The fraction of sp³-hybridized carbons (Fsp3) is 0.435. The van der Waals surface area contributed by atoms with Gasteiger partial charge in [0.25, 0.3) is 0 Å². The highest BCUT2D eigenvalue weighted by molar-refractivity contribution is 8.01. The number of aromatic carboxylic acids is 1. The number of thioether (sulfide) groups is 1. The van der Waals surface area contributed by atoms with Crippen LogP contribution in [-0.4, -0.2) is 68.7 Å². The first-order valence-electron chi connectivity index (χ1n) is 11.0. The van der Waals surface area contributed by atoms with Crippen LogP contribution in [0.5, 0.6) is 0 Å². The quantitative estimate of drug-likeness (QED) is 0.479. The molecule has 7 nitrogen and oxygen atoms in total. The summed E-state index contributed by atoms with van der Waals surface area (Å²) in [6.07, 6.45) is 0. The predicted octanol–water partition coefficient (Wildman–Crippen LogP) is 4.78. The fourth-order valence-electron chi connectivity index (χ4n) is 4.00. The van der Waals surface area contributed by atoms with E-state index in [-0.39, 0.29) is 5.69 Å². The number of thiazole rings is 1. The number of hydrogen-bond donors (Lipinski definition) is 1. The van der Waals surface area contributed by atoms with Gasteiger partial charge in [-0.3, -0.25) is 0 Å². The molecule has 4 rings (SSSR count). The SMILES string of the molecule is CCN1CCN(c2nc(-n3nc(C)c(-c4cccc(F)c4)c3C(=O)O)sc2SC(C)C)CC1. The molecule has 0 saturated carbocycles. The van der Waals surface area contributed by atoms with Crippen LogP contribution in [0.4, 0.5) is 10.2 Å². The molecule has 0 spiro atoms. The van der Waals surface area contributed by atoms with Crippen molar-refractivity contribution in [2.75, 3.05) is 37.6 Å².